The van der Waals surface area contributed by atoms with Crippen molar-refractivity contribution in [1.29, 1.82) is 0 Å². The van der Waals surface area contributed by atoms with Gasteiger partial charge >= 0.3 is 0 Å². The second-order valence-electron chi connectivity index (χ2n) is 5.55. The molecule has 3 nitrogen and oxygen atoms in total. The highest BCUT2D eigenvalue weighted by Crippen LogP contribution is 2.18. The lowest BCUT2D eigenvalue weighted by atomic mass is 10.0. The van der Waals surface area contributed by atoms with Gasteiger partial charge in [0.15, 0.2) is 0 Å². The van der Waals surface area contributed by atoms with Gasteiger partial charge in [-0.2, -0.15) is 0 Å². The lowest BCUT2D eigenvalue weighted by Gasteiger charge is -2.18. The fourth-order valence-electron chi connectivity index (χ4n) is 2.31. The average molecular weight is 301 g/mol. The summed E-state index contributed by atoms with van der Waals surface area (Å²) in [6, 6.07) is 12.9. The molecule has 0 saturated heterocycles. The van der Waals surface area contributed by atoms with E-state index in [0.29, 0.717) is 17.5 Å². The fraction of sp³-hybridized carbons (Fsp3) is 0.278. The maximum atomic E-state index is 12.9. The van der Waals surface area contributed by atoms with Crippen molar-refractivity contribution in [3.8, 4) is 0 Å². The number of hydrogen-bond donors (Lipinski definition) is 2. The van der Waals surface area contributed by atoms with E-state index in [1.165, 1.54) is 12.1 Å². The first-order chi connectivity index (χ1) is 10.5. The van der Waals surface area contributed by atoms with Gasteiger partial charge < -0.3 is 10.4 Å². The first kappa shape index (κ1) is 16.2. The van der Waals surface area contributed by atoms with Crippen LogP contribution in [0.15, 0.2) is 48.5 Å². The molecule has 22 heavy (non-hydrogen) atoms. The molecule has 0 aliphatic heterocycles. The summed E-state index contributed by atoms with van der Waals surface area (Å²) in [4.78, 5) is 12.1. The van der Waals surface area contributed by atoms with E-state index in [-0.39, 0.29) is 17.8 Å². The van der Waals surface area contributed by atoms with Crippen LogP contribution < -0.4 is 5.32 Å². The van der Waals surface area contributed by atoms with Crippen LogP contribution in [0.25, 0.3) is 0 Å². The number of hydrogen-bond acceptors (Lipinski definition) is 2. The van der Waals surface area contributed by atoms with Crippen molar-refractivity contribution in [2.75, 3.05) is 0 Å². The lowest BCUT2D eigenvalue weighted by Crippen LogP contribution is -2.33. The van der Waals surface area contributed by atoms with Crippen LogP contribution in [0.5, 0.6) is 0 Å². The third-order valence-electron chi connectivity index (χ3n) is 3.49. The standard InChI is InChI=1S/C18H20FNO2/c1-12-4-3-5-15(10-12)18(22)20-13(2)11-17(21)14-6-8-16(19)9-7-14/h3-10,13,17,21H,11H2,1-2H3,(H,20,22). The highest BCUT2D eigenvalue weighted by molar-refractivity contribution is 5.94. The van der Waals surface area contributed by atoms with Gasteiger partial charge in [0.05, 0.1) is 6.10 Å². The predicted octanol–water partition coefficient (Wildman–Crippen LogP) is 3.38. The molecule has 2 aromatic carbocycles. The number of amides is 1. The molecule has 2 unspecified atom stereocenters. The molecule has 0 fully saturated rings. The van der Waals surface area contributed by atoms with E-state index < -0.39 is 6.10 Å². The molecule has 0 bridgehead atoms. The van der Waals surface area contributed by atoms with Crippen LogP contribution in [0.1, 0.15) is 40.9 Å². The molecule has 0 aliphatic carbocycles. The number of aliphatic hydroxyl groups is 1. The highest BCUT2D eigenvalue weighted by Gasteiger charge is 2.15. The summed E-state index contributed by atoms with van der Waals surface area (Å²) in [5.41, 5.74) is 2.26. The van der Waals surface area contributed by atoms with E-state index in [4.69, 9.17) is 0 Å². The van der Waals surface area contributed by atoms with Crippen LogP contribution in [0.2, 0.25) is 0 Å². The normalized spacial score (nSPS) is 13.5. The molecule has 2 rings (SSSR count). The monoisotopic (exact) mass is 301 g/mol. The Morgan fingerprint density at radius 1 is 1.23 bits per heavy atom. The minimum absolute atomic E-state index is 0.164. The number of halogens is 1. The zero-order valence-electron chi connectivity index (χ0n) is 12.7. The Morgan fingerprint density at radius 2 is 1.91 bits per heavy atom. The molecule has 2 aromatic rings. The maximum Gasteiger partial charge on any atom is 0.251 e. The summed E-state index contributed by atoms with van der Waals surface area (Å²) in [6.45, 7) is 3.76. The van der Waals surface area contributed by atoms with Gasteiger partial charge in [-0.1, -0.05) is 29.8 Å². The zero-order chi connectivity index (χ0) is 16.1. The van der Waals surface area contributed by atoms with Crippen LogP contribution in [0, 0.1) is 12.7 Å². The van der Waals surface area contributed by atoms with E-state index >= 15 is 0 Å². The number of carbonyl (C=O) groups is 1. The maximum absolute atomic E-state index is 12.9. The number of carbonyl (C=O) groups excluding carboxylic acids is 1. The van der Waals surface area contributed by atoms with Crippen LogP contribution in [0.4, 0.5) is 4.39 Å². The summed E-state index contributed by atoms with van der Waals surface area (Å²) in [5, 5.41) is 13.0. The van der Waals surface area contributed by atoms with Crippen LogP contribution in [-0.2, 0) is 0 Å². The summed E-state index contributed by atoms with van der Waals surface area (Å²) >= 11 is 0. The minimum atomic E-state index is -0.742. The number of aliphatic hydroxyl groups excluding tert-OH is 1. The Bertz CT molecular complexity index is 640. The van der Waals surface area contributed by atoms with E-state index in [1.54, 1.807) is 18.2 Å². The summed E-state index contributed by atoms with van der Waals surface area (Å²) < 4.78 is 12.9. The van der Waals surface area contributed by atoms with Gasteiger partial charge in [-0.3, -0.25) is 4.79 Å². The molecule has 0 aliphatic rings. The third kappa shape index (κ3) is 4.40. The second kappa shape index (κ2) is 7.18. The van der Waals surface area contributed by atoms with Gasteiger partial charge in [-0.25, -0.2) is 4.39 Å². The quantitative estimate of drug-likeness (QED) is 0.889. The molecule has 2 N–H and O–H groups in total. The summed E-state index contributed by atoms with van der Waals surface area (Å²) in [5.74, 6) is -0.501. The fourth-order valence-corrected chi connectivity index (χ4v) is 2.31. The molecule has 116 valence electrons. The minimum Gasteiger partial charge on any atom is -0.388 e. The van der Waals surface area contributed by atoms with Gasteiger partial charge in [0, 0.05) is 11.6 Å². The van der Waals surface area contributed by atoms with E-state index in [1.807, 2.05) is 32.0 Å². The van der Waals surface area contributed by atoms with Gasteiger partial charge in [-0.15, -0.1) is 0 Å². The van der Waals surface area contributed by atoms with Crippen molar-refractivity contribution in [2.24, 2.45) is 0 Å². The largest absolute Gasteiger partial charge is 0.388 e. The summed E-state index contributed by atoms with van der Waals surface area (Å²) in [6.07, 6.45) is -0.378. The molecule has 1 amide bonds. The molecular weight excluding hydrogens is 281 g/mol. The highest BCUT2D eigenvalue weighted by atomic mass is 19.1. The molecule has 0 radical (unpaired) electrons. The van der Waals surface area contributed by atoms with Crippen LogP contribution >= 0.6 is 0 Å². The van der Waals surface area contributed by atoms with Gasteiger partial charge in [-0.05, 0) is 50.1 Å². The van der Waals surface area contributed by atoms with Gasteiger partial charge in [0.2, 0.25) is 0 Å². The number of nitrogens with one attached hydrogen (secondary N) is 1. The third-order valence-corrected chi connectivity index (χ3v) is 3.49. The van der Waals surface area contributed by atoms with Crippen molar-refractivity contribution >= 4 is 5.91 Å². The molecular formula is C18H20FNO2. The molecule has 4 heteroatoms. The van der Waals surface area contributed by atoms with E-state index in [9.17, 15) is 14.3 Å². The van der Waals surface area contributed by atoms with Crippen molar-refractivity contribution < 1.29 is 14.3 Å². The Kier molecular flexibility index (Phi) is 5.28. The molecule has 0 heterocycles. The second-order valence-corrected chi connectivity index (χ2v) is 5.55. The van der Waals surface area contributed by atoms with Crippen molar-refractivity contribution in [3.63, 3.8) is 0 Å². The van der Waals surface area contributed by atoms with Crippen LogP contribution in [0.3, 0.4) is 0 Å². The number of rotatable bonds is 5. The Morgan fingerprint density at radius 3 is 2.55 bits per heavy atom. The van der Waals surface area contributed by atoms with E-state index in [2.05, 4.69) is 5.32 Å². The van der Waals surface area contributed by atoms with Crippen molar-refractivity contribution in [2.45, 2.75) is 32.4 Å². The van der Waals surface area contributed by atoms with Crippen molar-refractivity contribution in [3.05, 3.63) is 71.0 Å². The SMILES string of the molecule is Cc1cccc(C(=O)NC(C)CC(O)c2ccc(F)cc2)c1. The van der Waals surface area contributed by atoms with Gasteiger partial charge in [0.1, 0.15) is 5.82 Å². The lowest BCUT2D eigenvalue weighted by molar-refractivity contribution is 0.0917. The Labute approximate surface area is 129 Å². The molecule has 2 atom stereocenters. The van der Waals surface area contributed by atoms with E-state index in [0.717, 1.165) is 5.56 Å². The smallest absolute Gasteiger partial charge is 0.251 e. The first-order valence-electron chi connectivity index (χ1n) is 7.27. The van der Waals surface area contributed by atoms with Gasteiger partial charge in [0.25, 0.3) is 5.91 Å². The molecule has 0 spiro atoms. The number of benzene rings is 2. The zero-order valence-corrected chi connectivity index (χ0v) is 12.7. The topological polar surface area (TPSA) is 49.3 Å². The Hall–Kier alpha value is -2.20. The van der Waals surface area contributed by atoms with Crippen LogP contribution in [-0.4, -0.2) is 17.1 Å². The molecule has 0 aromatic heterocycles. The molecule has 0 saturated carbocycles. The summed E-state index contributed by atoms with van der Waals surface area (Å²) in [7, 11) is 0. The predicted molar refractivity (Wildman–Crippen MR) is 84.1 cm³/mol. The average Bonchev–Trinajstić information content (AvgIpc) is 2.47. The first-order valence-corrected chi connectivity index (χ1v) is 7.27. The van der Waals surface area contributed by atoms with Crippen molar-refractivity contribution in [1.82, 2.24) is 5.32 Å². The number of aryl methyl sites for hydroxylation is 1. The Balaban J connectivity index is 1.93.